The molecule has 2 aromatic rings. The Morgan fingerprint density at radius 1 is 1.00 bits per heavy atom. The molecule has 0 fully saturated rings. The second kappa shape index (κ2) is 10.3. The Hall–Kier alpha value is -1.55. The molecule has 0 spiro atoms. The molecule has 0 aromatic heterocycles. The third-order valence-corrected chi connectivity index (χ3v) is 4.57. The number of ether oxygens (including phenoxy) is 1. The third-order valence-electron chi connectivity index (χ3n) is 2.23. The molecule has 0 aliphatic rings. The largest absolute Gasteiger partial charge is 0.673 e. The van der Waals surface area contributed by atoms with E-state index in [2.05, 4.69) is 12.1 Å². The van der Waals surface area contributed by atoms with Crippen molar-refractivity contribution in [3.63, 3.8) is 0 Å². The van der Waals surface area contributed by atoms with E-state index in [4.69, 9.17) is 16.3 Å². The maximum Gasteiger partial charge on any atom is 0.673 e. The van der Waals surface area contributed by atoms with Crippen LogP contribution in [-0.4, -0.2) is 13.2 Å². The van der Waals surface area contributed by atoms with Crippen molar-refractivity contribution in [1.29, 1.82) is 0 Å². The van der Waals surface area contributed by atoms with Crippen LogP contribution in [0, 0.1) is 3.57 Å². The molecule has 0 heterocycles. The molecule has 0 atom stereocenters. The van der Waals surface area contributed by atoms with Gasteiger partial charge in [0.1, 0.15) is 6.26 Å². The molecule has 0 aliphatic carbocycles. The predicted molar refractivity (Wildman–Crippen MR) is 81.3 cm³/mol. The van der Waals surface area contributed by atoms with Crippen molar-refractivity contribution in [2.45, 2.75) is 0 Å². The molecule has 24 heavy (non-hydrogen) atoms. The first-order chi connectivity index (χ1) is 11.3. The van der Waals surface area contributed by atoms with Gasteiger partial charge < -0.3 is 22.0 Å². The molecule has 0 saturated carbocycles. The maximum absolute atomic E-state index is 11.7. The first-order valence-electron chi connectivity index (χ1n) is 6.43. The molecule has 0 aliphatic heterocycles. The highest BCUT2D eigenvalue weighted by Gasteiger charge is 2.20. The second-order valence-corrected chi connectivity index (χ2v) is 7.10. The van der Waals surface area contributed by atoms with E-state index in [0.29, 0.717) is 10.6 Å². The summed E-state index contributed by atoms with van der Waals surface area (Å²) in [4.78, 5) is 11.7. The lowest BCUT2D eigenvalue weighted by Crippen LogP contribution is -3.59. The topological polar surface area (TPSA) is 26.3 Å². The molecule has 0 N–H and O–H groups in total. The maximum atomic E-state index is 11.7. The smallest absolute Gasteiger partial charge is 0.427 e. The van der Waals surface area contributed by atoms with Crippen LogP contribution >= 0.6 is 11.6 Å². The number of hydrogen-bond acceptors (Lipinski definition) is 2. The zero-order valence-electron chi connectivity index (χ0n) is 12.0. The van der Waals surface area contributed by atoms with Gasteiger partial charge in [-0.2, -0.15) is 0 Å². The van der Waals surface area contributed by atoms with Crippen molar-refractivity contribution in [3.05, 3.63) is 79.1 Å². The summed E-state index contributed by atoms with van der Waals surface area (Å²) >= 11 is 5.49. The van der Waals surface area contributed by atoms with E-state index < -0.39 is 7.25 Å². The minimum absolute atomic E-state index is 0.259. The molecule has 9 heteroatoms. The molecule has 0 radical (unpaired) electrons. The van der Waals surface area contributed by atoms with Gasteiger partial charge >= 0.3 is 34.4 Å². The predicted octanol–water partition coefficient (Wildman–Crippen LogP) is 2.23. The van der Waals surface area contributed by atoms with Crippen LogP contribution in [0.15, 0.2) is 64.9 Å². The van der Waals surface area contributed by atoms with Gasteiger partial charge in [-0.3, -0.25) is 0 Å². The average Bonchev–Trinajstić information content (AvgIpc) is 2.51. The van der Waals surface area contributed by atoms with E-state index in [0.717, 1.165) is 0 Å². The Kier molecular flexibility index (Phi) is 8.84. The fourth-order valence-corrected chi connectivity index (χ4v) is 2.99. The highest BCUT2D eigenvalue weighted by atomic mass is 127. The van der Waals surface area contributed by atoms with Crippen LogP contribution in [-0.2, 0) is 4.74 Å². The molecule has 2 rings (SSSR count). The zero-order chi connectivity index (χ0) is 18.0. The number of hydrogen-bond donors (Lipinski definition) is 0. The van der Waals surface area contributed by atoms with Gasteiger partial charge in [0.15, 0.2) is 7.65 Å². The van der Waals surface area contributed by atoms with Crippen LogP contribution in [0.3, 0.4) is 0 Å². The Balaban J connectivity index is 0.000000505. The van der Waals surface area contributed by atoms with Crippen molar-refractivity contribution in [2.75, 3.05) is 0 Å². The Bertz CT molecular complexity index is 657. The van der Waals surface area contributed by atoms with Crippen LogP contribution < -0.4 is 21.2 Å². The first kappa shape index (κ1) is 20.5. The van der Waals surface area contributed by atoms with Gasteiger partial charge in [0.05, 0.1) is 5.56 Å². The van der Waals surface area contributed by atoms with E-state index in [1.807, 2.05) is 22.3 Å². The van der Waals surface area contributed by atoms with E-state index in [1.54, 1.807) is 24.3 Å². The lowest BCUT2D eigenvalue weighted by atomic mass is 10.2. The van der Waals surface area contributed by atoms with Crippen molar-refractivity contribution in [2.24, 2.45) is 0 Å². The Morgan fingerprint density at radius 3 is 2.08 bits per heavy atom. The third kappa shape index (κ3) is 10.3. The monoisotopic (exact) mass is 472 g/mol. The minimum atomic E-state index is -6.00. The van der Waals surface area contributed by atoms with Crippen molar-refractivity contribution < 1.29 is 48.0 Å². The van der Waals surface area contributed by atoms with E-state index in [9.17, 15) is 22.1 Å². The normalized spacial score (nSPS) is 10.9. The summed E-state index contributed by atoms with van der Waals surface area (Å²) in [5.74, 6) is -0.370. The number of carbonyl (C=O) groups is 1. The van der Waals surface area contributed by atoms with Crippen molar-refractivity contribution >= 4 is 24.8 Å². The fraction of sp³-hybridized carbons (Fsp3) is 0. The molecule has 0 unspecified atom stereocenters. The van der Waals surface area contributed by atoms with Crippen molar-refractivity contribution in [1.82, 2.24) is 0 Å². The molecular weight excluding hydrogens is 461 g/mol. The minimum Gasteiger partial charge on any atom is -0.427 e. The number of rotatable bonds is 4. The van der Waals surface area contributed by atoms with Gasteiger partial charge in [0.2, 0.25) is 0 Å². The van der Waals surface area contributed by atoms with Gasteiger partial charge in [-0.25, -0.2) is 4.79 Å². The SMILES string of the molecule is F[B-](F)(F)F.O=C(O/C=C\[I+]c1ccccc1)c1ccc(Cl)cc1. The lowest BCUT2D eigenvalue weighted by Gasteiger charge is -1.97. The lowest BCUT2D eigenvalue weighted by molar-refractivity contribution is -0.557. The summed E-state index contributed by atoms with van der Waals surface area (Å²) in [6.45, 7) is 0. The molecule has 2 aromatic carbocycles. The first-order valence-corrected chi connectivity index (χ1v) is 9.13. The zero-order valence-corrected chi connectivity index (χ0v) is 14.9. The van der Waals surface area contributed by atoms with Gasteiger partial charge in [0, 0.05) is 5.02 Å². The summed E-state index contributed by atoms with van der Waals surface area (Å²) in [7, 11) is -6.00. The molecular formula is C15H11BClF4IO2. The number of halogens is 6. The van der Waals surface area contributed by atoms with Crippen molar-refractivity contribution in [3.8, 4) is 0 Å². The van der Waals surface area contributed by atoms with Gasteiger partial charge in [-0.05, 0) is 36.4 Å². The summed E-state index contributed by atoms with van der Waals surface area (Å²) in [6, 6.07) is 16.7. The van der Waals surface area contributed by atoms with E-state index in [1.165, 1.54) is 9.83 Å². The van der Waals surface area contributed by atoms with Crippen LogP contribution in [0.1, 0.15) is 10.4 Å². The number of carbonyl (C=O) groups excluding carboxylic acids is 1. The average molecular weight is 472 g/mol. The quantitative estimate of drug-likeness (QED) is 0.224. The van der Waals surface area contributed by atoms with Crippen LogP contribution in [0.2, 0.25) is 5.02 Å². The summed E-state index contributed by atoms with van der Waals surface area (Å²) in [6.07, 6.45) is 1.47. The second-order valence-electron chi connectivity index (χ2n) is 4.07. The standard InChI is InChI=1S/C15H11ClIO2.BF4/c16-13-8-6-12(7-9-13)15(18)19-11-10-17-14-4-2-1-3-5-14;2-1(3,4)5/h1-11H;/q+1;-1/b11-10-;. The number of benzene rings is 2. The molecule has 2 nitrogen and oxygen atoms in total. The van der Waals surface area contributed by atoms with Crippen LogP contribution in [0.5, 0.6) is 0 Å². The Morgan fingerprint density at radius 2 is 1.54 bits per heavy atom. The summed E-state index contributed by atoms with van der Waals surface area (Å²) in [5, 5.41) is 0.599. The summed E-state index contributed by atoms with van der Waals surface area (Å²) < 4.78 is 47.3. The Labute approximate surface area is 151 Å². The summed E-state index contributed by atoms with van der Waals surface area (Å²) in [5.41, 5.74) is 0.493. The fourth-order valence-electron chi connectivity index (χ4n) is 1.33. The van der Waals surface area contributed by atoms with E-state index >= 15 is 0 Å². The van der Waals surface area contributed by atoms with Gasteiger partial charge in [0.25, 0.3) is 0 Å². The molecule has 128 valence electrons. The van der Waals surface area contributed by atoms with Gasteiger partial charge in [-0.1, -0.05) is 29.8 Å². The number of esters is 1. The molecule has 0 saturated heterocycles. The van der Waals surface area contributed by atoms with E-state index in [-0.39, 0.29) is 27.2 Å². The highest BCUT2D eigenvalue weighted by molar-refractivity contribution is 6.50. The highest BCUT2D eigenvalue weighted by Crippen LogP contribution is 2.10. The van der Waals surface area contributed by atoms with Gasteiger partial charge in [-0.15, -0.1) is 0 Å². The molecule has 0 bridgehead atoms. The van der Waals surface area contributed by atoms with Crippen LogP contribution in [0.4, 0.5) is 17.3 Å². The molecule has 0 amide bonds. The van der Waals surface area contributed by atoms with Crippen LogP contribution in [0.25, 0.3) is 0 Å².